The Balaban J connectivity index is 1.66. The van der Waals surface area contributed by atoms with Gasteiger partial charge in [0.2, 0.25) is 11.9 Å². The van der Waals surface area contributed by atoms with Crippen LogP contribution in [0, 0.1) is 13.8 Å². The van der Waals surface area contributed by atoms with Crippen LogP contribution in [0.15, 0.2) is 41.4 Å². The summed E-state index contributed by atoms with van der Waals surface area (Å²) >= 11 is 0. The van der Waals surface area contributed by atoms with Gasteiger partial charge >= 0.3 is 12.0 Å². The molecule has 0 bridgehead atoms. The number of carbonyl (C=O) groups is 2. The first kappa shape index (κ1) is 17.2. The van der Waals surface area contributed by atoms with Crippen LogP contribution in [0.1, 0.15) is 23.0 Å². The molecule has 3 heterocycles. The lowest BCUT2D eigenvalue weighted by molar-refractivity contribution is -0.663. The van der Waals surface area contributed by atoms with Crippen LogP contribution in [0.2, 0.25) is 0 Å². The number of fused-ring (bicyclic) bond motifs is 3. The Hall–Kier alpha value is -3.22. The highest BCUT2D eigenvalue weighted by molar-refractivity contribution is 6.20. The summed E-state index contributed by atoms with van der Waals surface area (Å²) in [5.41, 5.74) is 3.06. The number of amides is 3. The molecule has 2 aromatic rings. The van der Waals surface area contributed by atoms with E-state index < -0.39 is 6.04 Å². The molecule has 1 atom stereocenters. The molecular formula is C20H22N5O2+. The van der Waals surface area contributed by atoms with Crippen LogP contribution in [0.25, 0.3) is 6.08 Å². The number of benzene rings is 1. The van der Waals surface area contributed by atoms with E-state index in [2.05, 4.69) is 4.99 Å². The Morgan fingerprint density at radius 2 is 1.89 bits per heavy atom. The number of imide groups is 1. The Kier molecular flexibility index (Phi) is 3.95. The zero-order chi connectivity index (χ0) is 19.3. The van der Waals surface area contributed by atoms with Crippen LogP contribution in [0.5, 0.6) is 0 Å². The first-order valence-electron chi connectivity index (χ1n) is 8.88. The molecular weight excluding hydrogens is 342 g/mol. The zero-order valence-corrected chi connectivity index (χ0v) is 15.9. The highest BCUT2D eigenvalue weighted by atomic mass is 16.2. The number of hydrogen-bond acceptors (Lipinski definition) is 3. The summed E-state index contributed by atoms with van der Waals surface area (Å²) in [5, 5.41) is 0. The van der Waals surface area contributed by atoms with Crippen molar-refractivity contribution in [1.82, 2.24) is 14.4 Å². The van der Waals surface area contributed by atoms with Gasteiger partial charge in [0.05, 0.1) is 7.05 Å². The molecule has 7 nitrogen and oxygen atoms in total. The van der Waals surface area contributed by atoms with Crippen molar-refractivity contribution in [3.8, 4) is 0 Å². The van der Waals surface area contributed by atoms with E-state index in [0.717, 1.165) is 17.0 Å². The van der Waals surface area contributed by atoms with Gasteiger partial charge in [0.25, 0.3) is 5.91 Å². The van der Waals surface area contributed by atoms with Gasteiger partial charge in [-0.05, 0) is 19.4 Å². The SMILES string of the molecule is Cc1c(C)[n+](C)c2n1C1C(=O)N(C/C=C/c3ccccc3)C(=O)N(C)C1=N2. The Bertz CT molecular complexity index is 1000. The van der Waals surface area contributed by atoms with Crippen molar-refractivity contribution in [2.75, 3.05) is 13.6 Å². The maximum Gasteiger partial charge on any atom is 0.401 e. The number of hydrogen-bond donors (Lipinski definition) is 0. The van der Waals surface area contributed by atoms with Gasteiger partial charge < -0.3 is 0 Å². The monoisotopic (exact) mass is 364 g/mol. The minimum atomic E-state index is -0.590. The molecule has 1 aromatic heterocycles. The maximum absolute atomic E-state index is 13.2. The van der Waals surface area contributed by atoms with Crippen molar-refractivity contribution < 1.29 is 14.2 Å². The van der Waals surface area contributed by atoms with Gasteiger partial charge in [-0.2, -0.15) is 0 Å². The van der Waals surface area contributed by atoms with Gasteiger partial charge in [-0.3, -0.25) is 14.6 Å². The highest BCUT2D eigenvalue weighted by Crippen LogP contribution is 2.34. The van der Waals surface area contributed by atoms with Crippen molar-refractivity contribution in [2.45, 2.75) is 19.9 Å². The number of urea groups is 1. The van der Waals surface area contributed by atoms with E-state index in [-0.39, 0.29) is 18.5 Å². The molecule has 0 radical (unpaired) electrons. The molecule has 0 saturated carbocycles. The molecule has 27 heavy (non-hydrogen) atoms. The second kappa shape index (κ2) is 6.19. The number of imidazole rings is 1. The number of amidine groups is 1. The second-order valence-electron chi connectivity index (χ2n) is 6.88. The predicted octanol–water partition coefficient (Wildman–Crippen LogP) is 2.12. The van der Waals surface area contributed by atoms with Crippen LogP contribution >= 0.6 is 0 Å². The van der Waals surface area contributed by atoms with Gasteiger partial charge in [0.15, 0.2) is 0 Å². The minimum absolute atomic E-state index is 0.224. The van der Waals surface area contributed by atoms with E-state index in [4.69, 9.17) is 0 Å². The highest BCUT2D eigenvalue weighted by Gasteiger charge is 2.53. The first-order valence-corrected chi connectivity index (χ1v) is 8.88. The molecule has 2 aliphatic rings. The van der Waals surface area contributed by atoms with Crippen LogP contribution in [0.3, 0.4) is 0 Å². The summed E-state index contributed by atoms with van der Waals surface area (Å²) in [6.07, 6.45) is 3.75. The summed E-state index contributed by atoms with van der Waals surface area (Å²) in [6.45, 7) is 4.19. The van der Waals surface area contributed by atoms with E-state index >= 15 is 0 Å². The largest absolute Gasteiger partial charge is 0.401 e. The third-order valence-corrected chi connectivity index (χ3v) is 5.38. The Morgan fingerprint density at radius 1 is 1.19 bits per heavy atom. The van der Waals surface area contributed by atoms with E-state index in [9.17, 15) is 9.59 Å². The average Bonchev–Trinajstić information content (AvgIpc) is 3.16. The molecule has 138 valence electrons. The minimum Gasteiger partial charge on any atom is -0.270 e. The topological polar surface area (TPSA) is 61.8 Å². The lowest BCUT2D eigenvalue weighted by atomic mass is 10.1. The predicted molar refractivity (Wildman–Crippen MR) is 102 cm³/mol. The van der Waals surface area contributed by atoms with E-state index in [1.54, 1.807) is 7.05 Å². The van der Waals surface area contributed by atoms with Gasteiger partial charge in [0.1, 0.15) is 11.4 Å². The summed E-state index contributed by atoms with van der Waals surface area (Å²) in [4.78, 5) is 33.2. The van der Waals surface area contributed by atoms with Gasteiger partial charge in [-0.15, -0.1) is 0 Å². The van der Waals surface area contributed by atoms with Crippen molar-refractivity contribution in [2.24, 2.45) is 12.0 Å². The average molecular weight is 364 g/mol. The number of nitrogens with zero attached hydrogens (tertiary/aromatic N) is 5. The number of carbonyl (C=O) groups excluding carboxylic acids is 2. The summed E-state index contributed by atoms with van der Waals surface area (Å²) in [7, 11) is 3.59. The third-order valence-electron chi connectivity index (χ3n) is 5.38. The molecule has 0 N–H and O–H groups in total. The smallest absolute Gasteiger partial charge is 0.270 e. The maximum atomic E-state index is 13.2. The van der Waals surface area contributed by atoms with Crippen LogP contribution in [0.4, 0.5) is 10.7 Å². The van der Waals surface area contributed by atoms with Crippen molar-refractivity contribution in [1.29, 1.82) is 0 Å². The number of rotatable bonds is 3. The summed E-state index contributed by atoms with van der Waals surface area (Å²) in [5.74, 6) is 0.939. The molecule has 0 aliphatic carbocycles. The Morgan fingerprint density at radius 3 is 2.59 bits per heavy atom. The second-order valence-corrected chi connectivity index (χ2v) is 6.88. The zero-order valence-electron chi connectivity index (χ0n) is 15.9. The standard InChI is InChI=1S/C20H22N5O2/c1-13-14(2)25-16-17(21-19(25)22(13)3)23(4)20(27)24(18(16)26)12-8-11-15-9-6-5-7-10-15/h5-11,16H,12H2,1-4H3/q+1/b11-8+. The summed E-state index contributed by atoms with van der Waals surface area (Å²) in [6, 6.07) is 8.85. The molecule has 2 aliphatic heterocycles. The van der Waals surface area contributed by atoms with Gasteiger partial charge in [-0.25, -0.2) is 13.9 Å². The third kappa shape index (κ3) is 2.50. The molecule has 1 aromatic carbocycles. The summed E-state index contributed by atoms with van der Waals surface area (Å²) < 4.78 is 3.87. The van der Waals surface area contributed by atoms with Gasteiger partial charge in [0, 0.05) is 13.6 Å². The van der Waals surface area contributed by atoms with Crippen molar-refractivity contribution in [3.05, 3.63) is 53.4 Å². The molecule has 3 amide bonds. The quantitative estimate of drug-likeness (QED) is 0.783. The van der Waals surface area contributed by atoms with E-state index in [0.29, 0.717) is 11.8 Å². The van der Waals surface area contributed by atoms with E-state index in [1.165, 1.54) is 9.80 Å². The normalized spacial score (nSPS) is 19.0. The fraction of sp³-hybridized carbons (Fsp3) is 0.300. The van der Waals surface area contributed by atoms with Crippen LogP contribution in [-0.4, -0.2) is 45.7 Å². The molecule has 4 rings (SSSR count). The number of aliphatic imine (C=N–C) groups is 1. The molecule has 0 spiro atoms. The number of aromatic nitrogens is 2. The van der Waals surface area contributed by atoms with Crippen molar-refractivity contribution in [3.63, 3.8) is 0 Å². The first-order chi connectivity index (χ1) is 12.9. The number of likely N-dealkylation sites (N-methyl/N-ethyl adjacent to an activating group) is 1. The molecule has 1 fully saturated rings. The van der Waals surface area contributed by atoms with Crippen LogP contribution in [-0.2, 0) is 11.8 Å². The van der Waals surface area contributed by atoms with Crippen molar-refractivity contribution >= 4 is 29.8 Å². The molecule has 1 saturated heterocycles. The molecule has 7 heteroatoms. The lowest BCUT2D eigenvalue weighted by Crippen LogP contribution is -2.57. The Labute approximate surface area is 157 Å². The van der Waals surface area contributed by atoms with Gasteiger partial charge in [-0.1, -0.05) is 47.5 Å². The fourth-order valence-corrected chi connectivity index (χ4v) is 3.62. The van der Waals surface area contributed by atoms with Crippen LogP contribution < -0.4 is 4.57 Å². The lowest BCUT2D eigenvalue weighted by Gasteiger charge is -2.32. The molecule has 1 unspecified atom stereocenters. The van der Waals surface area contributed by atoms with E-state index in [1.807, 2.05) is 72.5 Å². The fourth-order valence-electron chi connectivity index (χ4n) is 3.62.